The van der Waals surface area contributed by atoms with Crippen LogP contribution in [0.4, 0.5) is 0 Å². The van der Waals surface area contributed by atoms with E-state index in [0.29, 0.717) is 5.57 Å². The van der Waals surface area contributed by atoms with Crippen molar-refractivity contribution in [2.45, 2.75) is 58.5 Å². The molecule has 1 rings (SSSR count). The number of rotatable bonds is 4. The highest BCUT2D eigenvalue weighted by atomic mass is 16.6. The number of hydrogen-bond acceptors (Lipinski definition) is 2. The monoisotopic (exact) mass is 210 g/mol. The second-order valence-electron chi connectivity index (χ2n) is 4.72. The van der Waals surface area contributed by atoms with Gasteiger partial charge in [0.2, 0.25) is 0 Å². The van der Waals surface area contributed by atoms with Gasteiger partial charge in [0.1, 0.15) is 5.60 Å². The molecule has 0 N–H and O–H groups in total. The van der Waals surface area contributed by atoms with Gasteiger partial charge in [0.05, 0.1) is 0 Å². The predicted octanol–water partition coefficient (Wildman–Crippen LogP) is 3.46. The van der Waals surface area contributed by atoms with E-state index in [1.54, 1.807) is 6.92 Å². The average Bonchev–Trinajstić information content (AvgIpc) is 2.62. The maximum absolute atomic E-state index is 11.5. The lowest BCUT2D eigenvalue weighted by Gasteiger charge is -2.28. The Bertz CT molecular complexity index is 257. The van der Waals surface area contributed by atoms with Gasteiger partial charge in [0, 0.05) is 5.57 Å². The van der Waals surface area contributed by atoms with Crippen molar-refractivity contribution in [2.75, 3.05) is 0 Å². The van der Waals surface area contributed by atoms with Crippen molar-refractivity contribution in [3.05, 3.63) is 12.2 Å². The molecule has 1 aliphatic rings. The normalized spacial score (nSPS) is 30.2. The Hall–Kier alpha value is -0.790. The van der Waals surface area contributed by atoms with E-state index in [9.17, 15) is 4.79 Å². The van der Waals surface area contributed by atoms with Crippen molar-refractivity contribution in [1.29, 1.82) is 0 Å². The van der Waals surface area contributed by atoms with Gasteiger partial charge in [-0.25, -0.2) is 4.79 Å². The van der Waals surface area contributed by atoms with Gasteiger partial charge in [-0.2, -0.15) is 0 Å². The molecule has 0 radical (unpaired) electrons. The summed E-state index contributed by atoms with van der Waals surface area (Å²) in [5.41, 5.74) is 0.305. The van der Waals surface area contributed by atoms with Crippen molar-refractivity contribution in [2.24, 2.45) is 5.92 Å². The zero-order valence-corrected chi connectivity index (χ0v) is 10.1. The van der Waals surface area contributed by atoms with E-state index >= 15 is 0 Å². The van der Waals surface area contributed by atoms with Gasteiger partial charge in [0.25, 0.3) is 0 Å². The van der Waals surface area contributed by atoms with Crippen LogP contribution in [0.3, 0.4) is 0 Å². The number of esters is 1. The molecule has 0 aromatic carbocycles. The summed E-state index contributed by atoms with van der Waals surface area (Å²) in [6, 6.07) is 0. The zero-order valence-electron chi connectivity index (χ0n) is 10.1. The van der Waals surface area contributed by atoms with E-state index in [1.165, 1.54) is 12.8 Å². The largest absolute Gasteiger partial charge is 0.456 e. The summed E-state index contributed by atoms with van der Waals surface area (Å²) in [5, 5.41) is 0. The number of carbonyl (C=O) groups is 1. The minimum Gasteiger partial charge on any atom is -0.456 e. The van der Waals surface area contributed by atoms with Crippen LogP contribution in [0.1, 0.15) is 52.9 Å². The summed E-state index contributed by atoms with van der Waals surface area (Å²) in [6.45, 7) is 9.64. The molecule has 86 valence electrons. The Morgan fingerprint density at radius 2 is 2.20 bits per heavy atom. The molecule has 2 unspecified atom stereocenters. The Kier molecular flexibility index (Phi) is 3.95. The topological polar surface area (TPSA) is 26.3 Å². The molecule has 0 aromatic heterocycles. The van der Waals surface area contributed by atoms with Crippen LogP contribution in [0.2, 0.25) is 0 Å². The third-order valence-corrected chi connectivity index (χ3v) is 3.55. The van der Waals surface area contributed by atoms with Gasteiger partial charge < -0.3 is 4.74 Å². The Labute approximate surface area is 92.7 Å². The van der Waals surface area contributed by atoms with Crippen molar-refractivity contribution >= 4 is 5.97 Å². The van der Waals surface area contributed by atoms with Gasteiger partial charge in [-0.15, -0.1) is 0 Å². The second kappa shape index (κ2) is 4.82. The van der Waals surface area contributed by atoms with E-state index in [0.717, 1.165) is 25.2 Å². The highest BCUT2D eigenvalue weighted by molar-refractivity contribution is 5.87. The molecule has 1 saturated carbocycles. The zero-order chi connectivity index (χ0) is 11.5. The summed E-state index contributed by atoms with van der Waals surface area (Å²) < 4.78 is 5.60. The maximum Gasteiger partial charge on any atom is 0.333 e. The van der Waals surface area contributed by atoms with Crippen LogP contribution in [0.5, 0.6) is 0 Å². The first-order chi connectivity index (χ1) is 7.03. The molecule has 0 aromatic rings. The molecular weight excluding hydrogens is 188 g/mol. The fourth-order valence-electron chi connectivity index (χ4n) is 2.32. The summed E-state index contributed by atoms with van der Waals surface area (Å²) >= 11 is 0. The highest BCUT2D eigenvalue weighted by Gasteiger charge is 2.40. The molecule has 15 heavy (non-hydrogen) atoms. The molecular formula is C13H22O2. The number of carbonyl (C=O) groups excluding carboxylic acids is 1. The maximum atomic E-state index is 11.5. The van der Waals surface area contributed by atoms with Crippen LogP contribution in [0.15, 0.2) is 12.2 Å². The molecule has 0 heterocycles. The molecule has 0 bridgehead atoms. The minimum absolute atomic E-state index is 0.198. The molecule has 0 saturated heterocycles. The first-order valence-electron chi connectivity index (χ1n) is 5.92. The van der Waals surface area contributed by atoms with Gasteiger partial charge in [0.15, 0.2) is 0 Å². The van der Waals surface area contributed by atoms with Crippen molar-refractivity contribution in [3.63, 3.8) is 0 Å². The highest BCUT2D eigenvalue weighted by Crippen LogP contribution is 2.41. The Morgan fingerprint density at radius 1 is 1.53 bits per heavy atom. The Morgan fingerprint density at radius 3 is 2.60 bits per heavy atom. The van der Waals surface area contributed by atoms with E-state index < -0.39 is 0 Å². The lowest BCUT2D eigenvalue weighted by molar-refractivity contribution is -0.154. The summed E-state index contributed by atoms with van der Waals surface area (Å²) in [7, 11) is 0. The summed E-state index contributed by atoms with van der Waals surface area (Å²) in [6.07, 6.45) is 5.34. The van der Waals surface area contributed by atoms with Gasteiger partial charge in [-0.05, 0) is 38.5 Å². The molecule has 2 heteroatoms. The molecule has 0 amide bonds. The minimum atomic E-state index is -0.228. The van der Waals surface area contributed by atoms with Crippen molar-refractivity contribution in [1.82, 2.24) is 0 Å². The quantitative estimate of drug-likeness (QED) is 0.524. The van der Waals surface area contributed by atoms with E-state index in [1.807, 2.05) is 0 Å². The molecule has 1 aliphatic carbocycles. The summed E-state index contributed by atoms with van der Waals surface area (Å²) in [5.74, 6) is 0.497. The van der Waals surface area contributed by atoms with E-state index in [4.69, 9.17) is 4.74 Å². The standard InChI is InChI=1S/C13H22O2/c1-5-11-7-8-13(6-2,9-11)15-12(14)10(3)4/h11H,3,5-9H2,1-2,4H3. The first kappa shape index (κ1) is 12.3. The number of hydrogen-bond donors (Lipinski definition) is 0. The van der Waals surface area contributed by atoms with E-state index in [2.05, 4.69) is 20.4 Å². The van der Waals surface area contributed by atoms with E-state index in [-0.39, 0.29) is 11.6 Å². The van der Waals surface area contributed by atoms with Gasteiger partial charge in [-0.1, -0.05) is 26.8 Å². The van der Waals surface area contributed by atoms with Crippen molar-refractivity contribution < 1.29 is 9.53 Å². The fraction of sp³-hybridized carbons (Fsp3) is 0.769. The second-order valence-corrected chi connectivity index (χ2v) is 4.72. The average molecular weight is 210 g/mol. The first-order valence-corrected chi connectivity index (χ1v) is 5.92. The SMILES string of the molecule is C=C(C)C(=O)OC1(CC)CCC(CC)C1. The van der Waals surface area contributed by atoms with Gasteiger partial charge >= 0.3 is 5.97 Å². The molecule has 1 fully saturated rings. The fourth-order valence-corrected chi connectivity index (χ4v) is 2.32. The lowest BCUT2D eigenvalue weighted by Crippen LogP contribution is -2.32. The molecule has 2 nitrogen and oxygen atoms in total. The van der Waals surface area contributed by atoms with Crippen LogP contribution in [0.25, 0.3) is 0 Å². The lowest BCUT2D eigenvalue weighted by atomic mass is 9.96. The van der Waals surface area contributed by atoms with Gasteiger partial charge in [-0.3, -0.25) is 0 Å². The van der Waals surface area contributed by atoms with Crippen LogP contribution in [-0.2, 0) is 9.53 Å². The predicted molar refractivity (Wildman–Crippen MR) is 61.6 cm³/mol. The Balaban J connectivity index is 2.63. The third kappa shape index (κ3) is 2.83. The molecule has 0 spiro atoms. The van der Waals surface area contributed by atoms with Crippen LogP contribution >= 0.6 is 0 Å². The van der Waals surface area contributed by atoms with Crippen LogP contribution in [0, 0.1) is 5.92 Å². The number of ether oxygens (including phenoxy) is 1. The summed E-state index contributed by atoms with van der Waals surface area (Å²) in [4.78, 5) is 11.5. The third-order valence-electron chi connectivity index (χ3n) is 3.55. The van der Waals surface area contributed by atoms with Crippen LogP contribution in [-0.4, -0.2) is 11.6 Å². The molecule has 0 aliphatic heterocycles. The molecule has 2 atom stereocenters. The van der Waals surface area contributed by atoms with Crippen molar-refractivity contribution in [3.8, 4) is 0 Å². The van der Waals surface area contributed by atoms with Crippen LogP contribution < -0.4 is 0 Å². The smallest absolute Gasteiger partial charge is 0.333 e.